The summed E-state index contributed by atoms with van der Waals surface area (Å²) in [5, 5.41) is 23.8. The van der Waals surface area contributed by atoms with Gasteiger partial charge in [-0.1, -0.05) is 91.0 Å². The van der Waals surface area contributed by atoms with Gasteiger partial charge in [0.1, 0.15) is 0 Å². The van der Waals surface area contributed by atoms with Gasteiger partial charge in [0.05, 0.1) is 63.3 Å². The third-order valence-corrected chi connectivity index (χ3v) is 9.62. The summed E-state index contributed by atoms with van der Waals surface area (Å²) >= 11 is 0. The predicted octanol–water partition coefficient (Wildman–Crippen LogP) is 11.5. The van der Waals surface area contributed by atoms with Crippen LogP contribution in [0.4, 0.5) is 5.69 Å². The van der Waals surface area contributed by atoms with Gasteiger partial charge in [-0.05, 0) is 77.4 Å². The highest BCUT2D eigenvalue weighted by atomic mass is 15.0. The zero-order chi connectivity index (χ0) is 33.8. The molecule has 2 heterocycles. The Labute approximate surface area is 288 Å². The highest BCUT2D eigenvalue weighted by Gasteiger charge is 2.19. The van der Waals surface area contributed by atoms with Gasteiger partial charge in [0.2, 0.25) is 5.69 Å². The number of hydrogen-bond acceptors (Lipinski definition) is 2. The molecule has 0 saturated carbocycles. The summed E-state index contributed by atoms with van der Waals surface area (Å²) in [7, 11) is 0. The second-order valence-corrected chi connectivity index (χ2v) is 12.3. The van der Waals surface area contributed by atoms with Gasteiger partial charge in [-0.15, -0.1) is 0 Å². The molecule has 0 aliphatic carbocycles. The predicted molar refractivity (Wildman–Crippen MR) is 202 cm³/mol. The molecule has 0 fully saturated rings. The van der Waals surface area contributed by atoms with Gasteiger partial charge in [-0.2, -0.15) is 10.5 Å². The first-order valence-corrected chi connectivity index (χ1v) is 16.3. The van der Waals surface area contributed by atoms with Crippen LogP contribution in [0.5, 0.6) is 0 Å². The third-order valence-electron chi connectivity index (χ3n) is 9.62. The molecule has 2 aromatic heterocycles. The number of nitriles is 2. The lowest BCUT2D eigenvalue weighted by Crippen LogP contribution is -1.98. The minimum atomic E-state index is 0.546. The van der Waals surface area contributed by atoms with E-state index < -0.39 is 0 Å². The van der Waals surface area contributed by atoms with E-state index in [1.807, 2.05) is 66.7 Å². The molecule has 0 unspecified atom stereocenters. The summed E-state index contributed by atoms with van der Waals surface area (Å²) in [6.07, 6.45) is 0. The molecule has 5 heteroatoms. The summed E-state index contributed by atoms with van der Waals surface area (Å²) in [5.41, 5.74) is 11.3. The Morgan fingerprint density at radius 2 is 0.940 bits per heavy atom. The fourth-order valence-electron chi connectivity index (χ4n) is 7.41. The molecule has 0 radical (unpaired) electrons. The number of aromatic nitrogens is 2. The molecule has 0 saturated heterocycles. The van der Waals surface area contributed by atoms with Crippen molar-refractivity contribution in [3.05, 3.63) is 174 Å². The van der Waals surface area contributed by atoms with E-state index in [-0.39, 0.29) is 0 Å². The molecule has 0 aliphatic heterocycles. The average Bonchev–Trinajstić information content (AvgIpc) is 3.70. The maximum absolute atomic E-state index is 9.89. The van der Waals surface area contributed by atoms with Crippen LogP contribution < -0.4 is 0 Å². The van der Waals surface area contributed by atoms with Gasteiger partial charge >= 0.3 is 0 Å². The average molecular weight is 636 g/mol. The van der Waals surface area contributed by atoms with Gasteiger partial charge < -0.3 is 9.13 Å². The number of rotatable bonds is 4. The number of nitrogens with zero attached hydrogens (tertiary/aromatic N) is 5. The van der Waals surface area contributed by atoms with Crippen molar-refractivity contribution in [2.45, 2.75) is 0 Å². The first kappa shape index (κ1) is 28.8. The van der Waals surface area contributed by atoms with E-state index in [0.717, 1.165) is 66.5 Å². The van der Waals surface area contributed by atoms with Gasteiger partial charge in [0, 0.05) is 27.1 Å². The maximum atomic E-state index is 9.89. The SMILES string of the molecule is [C-]#[N+]c1c(-c2ccc(-c3cc(C#N)ccc3-n3c4ccccc4c4ccccc43)cc2)cccc1-n1c2ccccc2c2cc(C#N)ccc21. The Morgan fingerprint density at radius 3 is 1.54 bits per heavy atom. The van der Waals surface area contributed by atoms with Crippen molar-refractivity contribution >= 4 is 49.3 Å². The summed E-state index contributed by atoms with van der Waals surface area (Å²) in [6, 6.07) is 55.3. The largest absolute Gasteiger partial charge is 0.319 e. The van der Waals surface area contributed by atoms with Crippen molar-refractivity contribution in [3.63, 3.8) is 0 Å². The lowest BCUT2D eigenvalue weighted by atomic mass is 9.96. The van der Waals surface area contributed by atoms with Crippen LogP contribution in [0.25, 0.3) is 82.1 Å². The normalized spacial score (nSPS) is 11.1. The molecule has 9 aromatic rings. The summed E-state index contributed by atoms with van der Waals surface area (Å²) in [5.74, 6) is 0. The Kier molecular flexibility index (Phi) is 6.56. The first-order valence-electron chi connectivity index (χ1n) is 16.3. The maximum Gasteiger partial charge on any atom is 0.218 e. The van der Waals surface area contributed by atoms with Crippen LogP contribution in [0.1, 0.15) is 11.1 Å². The Morgan fingerprint density at radius 1 is 0.440 bits per heavy atom. The molecule has 7 aromatic carbocycles. The Balaban J connectivity index is 1.20. The molecule has 5 nitrogen and oxygen atoms in total. The van der Waals surface area contributed by atoms with Gasteiger partial charge in [-0.3, -0.25) is 0 Å². The van der Waals surface area contributed by atoms with E-state index in [1.165, 1.54) is 10.8 Å². The number of hydrogen-bond donors (Lipinski definition) is 0. The van der Waals surface area contributed by atoms with E-state index >= 15 is 0 Å². The van der Waals surface area contributed by atoms with E-state index in [1.54, 1.807) is 0 Å². The molecule has 0 N–H and O–H groups in total. The van der Waals surface area contributed by atoms with Crippen LogP contribution in [0.2, 0.25) is 0 Å². The highest BCUT2D eigenvalue weighted by Crippen LogP contribution is 2.42. The van der Waals surface area contributed by atoms with E-state index in [2.05, 4.69) is 111 Å². The van der Waals surface area contributed by atoms with Crippen molar-refractivity contribution in [2.75, 3.05) is 0 Å². The van der Waals surface area contributed by atoms with Gasteiger partial charge in [0.15, 0.2) is 0 Å². The molecule has 0 atom stereocenters. The van der Waals surface area contributed by atoms with Crippen molar-refractivity contribution in [3.8, 4) is 45.8 Å². The van der Waals surface area contributed by atoms with Crippen LogP contribution in [-0.4, -0.2) is 9.13 Å². The Hall–Kier alpha value is -7.39. The summed E-state index contributed by atoms with van der Waals surface area (Å²) < 4.78 is 4.41. The summed E-state index contributed by atoms with van der Waals surface area (Å²) in [4.78, 5) is 4.10. The zero-order valence-electron chi connectivity index (χ0n) is 26.7. The molecule has 230 valence electrons. The fraction of sp³-hybridized carbons (Fsp3) is 0. The van der Waals surface area contributed by atoms with Crippen LogP contribution in [0, 0.1) is 29.2 Å². The minimum Gasteiger partial charge on any atom is -0.319 e. The fourth-order valence-corrected chi connectivity index (χ4v) is 7.41. The smallest absolute Gasteiger partial charge is 0.218 e. The second-order valence-electron chi connectivity index (χ2n) is 12.3. The monoisotopic (exact) mass is 635 g/mol. The molecule has 0 spiro atoms. The van der Waals surface area contributed by atoms with Crippen LogP contribution >= 0.6 is 0 Å². The molecular formula is C45H25N5. The molecule has 0 bridgehead atoms. The summed E-state index contributed by atoms with van der Waals surface area (Å²) in [6.45, 7) is 8.35. The molecule has 0 amide bonds. The van der Waals surface area contributed by atoms with Crippen LogP contribution in [0.15, 0.2) is 152 Å². The zero-order valence-corrected chi connectivity index (χ0v) is 26.7. The van der Waals surface area contributed by atoms with Crippen LogP contribution in [-0.2, 0) is 0 Å². The van der Waals surface area contributed by atoms with E-state index in [0.29, 0.717) is 16.8 Å². The van der Waals surface area contributed by atoms with Crippen molar-refractivity contribution < 1.29 is 0 Å². The lowest BCUT2D eigenvalue weighted by Gasteiger charge is -2.16. The topological polar surface area (TPSA) is 61.8 Å². The second kappa shape index (κ2) is 11.4. The minimum absolute atomic E-state index is 0.546. The molecule has 9 rings (SSSR count). The lowest BCUT2D eigenvalue weighted by molar-refractivity contribution is 1.18. The third kappa shape index (κ3) is 4.31. The quantitative estimate of drug-likeness (QED) is 0.181. The van der Waals surface area contributed by atoms with Crippen molar-refractivity contribution in [1.29, 1.82) is 10.5 Å². The van der Waals surface area contributed by atoms with E-state index in [4.69, 9.17) is 6.57 Å². The van der Waals surface area contributed by atoms with Gasteiger partial charge in [0.25, 0.3) is 0 Å². The number of fused-ring (bicyclic) bond motifs is 6. The van der Waals surface area contributed by atoms with Crippen molar-refractivity contribution in [2.24, 2.45) is 0 Å². The Bertz CT molecular complexity index is 2900. The van der Waals surface area contributed by atoms with Crippen LogP contribution in [0.3, 0.4) is 0 Å². The van der Waals surface area contributed by atoms with E-state index in [9.17, 15) is 10.5 Å². The molecule has 0 aliphatic rings. The van der Waals surface area contributed by atoms with Gasteiger partial charge in [-0.25, -0.2) is 4.85 Å². The molecule has 50 heavy (non-hydrogen) atoms. The highest BCUT2D eigenvalue weighted by molar-refractivity contribution is 6.11. The number of benzene rings is 7. The molecular weight excluding hydrogens is 611 g/mol. The standard InChI is InChI=1S/C45H25N5/c1-48-45-33(12-8-16-44(45)50-41-15-7-4-11-36(41)38-26-30(28-47)18-24-43(38)50)31-19-21-32(22-20-31)37-25-29(27-46)17-23-42(37)49-39-13-5-2-9-34(39)35-10-3-6-14-40(35)49/h2-26H. The first-order chi connectivity index (χ1) is 24.7. The number of para-hydroxylation sites is 4. The van der Waals surface area contributed by atoms with Crippen molar-refractivity contribution in [1.82, 2.24) is 9.13 Å².